The van der Waals surface area contributed by atoms with Crippen molar-refractivity contribution in [3.63, 3.8) is 0 Å². The van der Waals surface area contributed by atoms with Crippen LogP contribution >= 0.6 is 0 Å². The number of halogens is 3. The summed E-state index contributed by atoms with van der Waals surface area (Å²) in [5.74, 6) is -1.21. The van der Waals surface area contributed by atoms with Crippen molar-refractivity contribution >= 4 is 0 Å². The van der Waals surface area contributed by atoms with Gasteiger partial charge in [0.15, 0.2) is 0 Å². The third kappa shape index (κ3) is 3.62. The Kier molecular flexibility index (Phi) is 4.83. The minimum absolute atomic E-state index is 0.0557. The van der Waals surface area contributed by atoms with Crippen LogP contribution < -0.4 is 0 Å². The zero-order valence-corrected chi connectivity index (χ0v) is 11.4. The lowest BCUT2D eigenvalue weighted by atomic mass is 10.0. The Balaban J connectivity index is 1.86. The normalized spacial score (nSPS) is 10.8. The van der Waals surface area contributed by atoms with E-state index in [0.29, 0.717) is 24.0 Å². The standard InChI is InChI=1S/C17H17F3/c1-12-16(19)10-13(11-17(12)20)6-2-3-7-14-8-4-5-9-15(14)18/h4-5,8-11H,2-3,6-7H2,1H3. The van der Waals surface area contributed by atoms with E-state index in [0.717, 1.165) is 12.8 Å². The molecule has 0 amide bonds. The zero-order valence-electron chi connectivity index (χ0n) is 11.4. The minimum atomic E-state index is -0.505. The van der Waals surface area contributed by atoms with Crippen LogP contribution in [0.4, 0.5) is 13.2 Å². The third-order valence-electron chi connectivity index (χ3n) is 3.46. The Labute approximate surface area is 117 Å². The molecule has 2 aromatic rings. The minimum Gasteiger partial charge on any atom is -0.207 e. The molecule has 2 rings (SSSR count). The Hall–Kier alpha value is -1.77. The van der Waals surface area contributed by atoms with Crippen LogP contribution in [0.1, 0.15) is 29.5 Å². The molecular formula is C17H17F3. The van der Waals surface area contributed by atoms with E-state index in [1.54, 1.807) is 12.1 Å². The summed E-state index contributed by atoms with van der Waals surface area (Å²) < 4.78 is 40.1. The molecule has 0 saturated carbocycles. The molecule has 3 heteroatoms. The number of rotatable bonds is 5. The highest BCUT2D eigenvalue weighted by Crippen LogP contribution is 2.17. The molecule has 0 N–H and O–H groups in total. The average molecular weight is 278 g/mol. The predicted octanol–water partition coefficient (Wildman–Crippen LogP) is 4.98. The number of hydrogen-bond acceptors (Lipinski definition) is 0. The summed E-state index contributed by atoms with van der Waals surface area (Å²) in [6.45, 7) is 1.42. The molecule has 0 aliphatic heterocycles. The van der Waals surface area contributed by atoms with Crippen molar-refractivity contribution in [3.8, 4) is 0 Å². The molecule has 0 atom stereocenters. The molecule has 0 spiro atoms. The first-order valence-electron chi connectivity index (χ1n) is 6.76. The van der Waals surface area contributed by atoms with Gasteiger partial charge < -0.3 is 0 Å². The van der Waals surface area contributed by atoms with Crippen molar-refractivity contribution in [3.05, 3.63) is 70.5 Å². The molecule has 0 nitrogen and oxygen atoms in total. The Morgan fingerprint density at radius 2 is 1.40 bits per heavy atom. The molecule has 2 aromatic carbocycles. The van der Waals surface area contributed by atoms with Crippen LogP contribution in [0, 0.1) is 24.4 Å². The summed E-state index contributed by atoms with van der Waals surface area (Å²) in [4.78, 5) is 0. The highest BCUT2D eigenvalue weighted by molar-refractivity contribution is 5.25. The lowest BCUT2D eigenvalue weighted by Crippen LogP contribution is -1.95. The second-order valence-electron chi connectivity index (χ2n) is 4.98. The van der Waals surface area contributed by atoms with Crippen LogP contribution in [0.3, 0.4) is 0 Å². The molecule has 0 aromatic heterocycles. The molecule has 106 valence electrons. The van der Waals surface area contributed by atoms with Crippen molar-refractivity contribution < 1.29 is 13.2 Å². The fourth-order valence-corrected chi connectivity index (χ4v) is 2.19. The zero-order chi connectivity index (χ0) is 14.5. The van der Waals surface area contributed by atoms with Gasteiger partial charge in [0.1, 0.15) is 17.5 Å². The number of unbranched alkanes of at least 4 members (excludes halogenated alkanes) is 1. The van der Waals surface area contributed by atoms with Gasteiger partial charge in [-0.15, -0.1) is 0 Å². The lowest BCUT2D eigenvalue weighted by Gasteiger charge is -2.06. The Morgan fingerprint density at radius 3 is 2.05 bits per heavy atom. The van der Waals surface area contributed by atoms with Crippen LogP contribution in [-0.2, 0) is 12.8 Å². The van der Waals surface area contributed by atoms with Gasteiger partial charge in [-0.3, -0.25) is 0 Å². The molecule has 0 saturated heterocycles. The van der Waals surface area contributed by atoms with Gasteiger partial charge in [0, 0.05) is 5.56 Å². The van der Waals surface area contributed by atoms with Gasteiger partial charge in [-0.25, -0.2) is 13.2 Å². The van der Waals surface area contributed by atoms with Gasteiger partial charge in [0.25, 0.3) is 0 Å². The van der Waals surface area contributed by atoms with Gasteiger partial charge in [-0.2, -0.15) is 0 Å². The monoisotopic (exact) mass is 278 g/mol. The van der Waals surface area contributed by atoms with Gasteiger partial charge in [-0.1, -0.05) is 18.2 Å². The smallest absolute Gasteiger partial charge is 0.129 e. The van der Waals surface area contributed by atoms with Gasteiger partial charge in [0.05, 0.1) is 0 Å². The van der Waals surface area contributed by atoms with Crippen molar-refractivity contribution in [1.29, 1.82) is 0 Å². The van der Waals surface area contributed by atoms with Crippen molar-refractivity contribution in [2.45, 2.75) is 32.6 Å². The van der Waals surface area contributed by atoms with E-state index in [9.17, 15) is 13.2 Å². The molecule has 0 aliphatic carbocycles. The molecular weight excluding hydrogens is 261 g/mol. The fraction of sp³-hybridized carbons (Fsp3) is 0.294. The SMILES string of the molecule is Cc1c(F)cc(CCCCc2ccccc2F)cc1F. The maximum Gasteiger partial charge on any atom is 0.129 e. The second-order valence-corrected chi connectivity index (χ2v) is 4.98. The molecule has 0 aliphatic rings. The third-order valence-corrected chi connectivity index (χ3v) is 3.46. The van der Waals surface area contributed by atoms with Crippen LogP contribution in [0.2, 0.25) is 0 Å². The maximum absolute atomic E-state index is 13.4. The highest BCUT2D eigenvalue weighted by Gasteiger charge is 2.07. The van der Waals surface area contributed by atoms with Crippen LogP contribution in [-0.4, -0.2) is 0 Å². The molecule has 0 heterocycles. The van der Waals surface area contributed by atoms with E-state index in [4.69, 9.17) is 0 Å². The van der Waals surface area contributed by atoms with Crippen molar-refractivity contribution in [2.75, 3.05) is 0 Å². The van der Waals surface area contributed by atoms with Crippen molar-refractivity contribution in [1.82, 2.24) is 0 Å². The highest BCUT2D eigenvalue weighted by atomic mass is 19.1. The first-order chi connectivity index (χ1) is 9.58. The number of hydrogen-bond donors (Lipinski definition) is 0. The van der Waals surface area contributed by atoms with Crippen LogP contribution in [0.25, 0.3) is 0 Å². The van der Waals surface area contributed by atoms with Gasteiger partial charge >= 0.3 is 0 Å². The summed E-state index contributed by atoms with van der Waals surface area (Å²) in [7, 11) is 0. The second kappa shape index (κ2) is 6.60. The Morgan fingerprint density at radius 1 is 0.800 bits per heavy atom. The first-order valence-corrected chi connectivity index (χ1v) is 6.76. The van der Waals surface area contributed by atoms with Crippen LogP contribution in [0.5, 0.6) is 0 Å². The van der Waals surface area contributed by atoms with E-state index in [-0.39, 0.29) is 11.4 Å². The quantitative estimate of drug-likeness (QED) is 0.677. The molecule has 0 unspecified atom stereocenters. The lowest BCUT2D eigenvalue weighted by molar-refractivity contribution is 0.562. The maximum atomic E-state index is 13.4. The summed E-state index contributed by atoms with van der Waals surface area (Å²) in [6, 6.07) is 9.43. The molecule has 0 radical (unpaired) electrons. The van der Waals surface area contributed by atoms with E-state index < -0.39 is 11.6 Å². The van der Waals surface area contributed by atoms with Gasteiger partial charge in [-0.05, 0) is 61.9 Å². The molecule has 0 fully saturated rings. The molecule has 0 bridgehead atoms. The van der Waals surface area contributed by atoms with Crippen LogP contribution in [0.15, 0.2) is 36.4 Å². The topological polar surface area (TPSA) is 0 Å². The van der Waals surface area contributed by atoms with E-state index in [1.807, 2.05) is 6.07 Å². The van der Waals surface area contributed by atoms with E-state index >= 15 is 0 Å². The largest absolute Gasteiger partial charge is 0.207 e. The van der Waals surface area contributed by atoms with E-state index in [2.05, 4.69) is 0 Å². The molecule has 20 heavy (non-hydrogen) atoms. The summed E-state index contributed by atoms with van der Waals surface area (Å²) in [5, 5.41) is 0. The summed E-state index contributed by atoms with van der Waals surface area (Å²) >= 11 is 0. The first kappa shape index (κ1) is 14.6. The summed E-state index contributed by atoms with van der Waals surface area (Å²) in [6.07, 6.45) is 2.81. The summed E-state index contributed by atoms with van der Waals surface area (Å²) in [5.41, 5.74) is 1.40. The van der Waals surface area contributed by atoms with Crippen molar-refractivity contribution in [2.24, 2.45) is 0 Å². The number of benzene rings is 2. The fourth-order valence-electron chi connectivity index (χ4n) is 2.19. The Bertz CT molecular complexity index is 568. The van der Waals surface area contributed by atoms with Gasteiger partial charge in [0.2, 0.25) is 0 Å². The average Bonchev–Trinajstić information content (AvgIpc) is 2.42. The van der Waals surface area contributed by atoms with E-state index in [1.165, 1.54) is 25.1 Å². The number of aryl methyl sites for hydroxylation is 2. The predicted molar refractivity (Wildman–Crippen MR) is 74.1 cm³/mol.